The van der Waals surface area contributed by atoms with E-state index in [9.17, 15) is 0 Å². The van der Waals surface area contributed by atoms with Gasteiger partial charge in [0.05, 0.1) is 12.9 Å². The van der Waals surface area contributed by atoms with Crippen LogP contribution in [0.1, 0.15) is 19.3 Å². The lowest BCUT2D eigenvalue weighted by Crippen LogP contribution is -2.24. The Labute approximate surface area is 73.2 Å². The highest BCUT2D eigenvalue weighted by molar-refractivity contribution is 5.18. The molecule has 0 amide bonds. The highest BCUT2D eigenvalue weighted by Crippen LogP contribution is 2.17. The van der Waals surface area contributed by atoms with Gasteiger partial charge in [-0.15, -0.1) is 0 Å². The first-order valence-electron chi connectivity index (χ1n) is 4.23. The third-order valence-electron chi connectivity index (χ3n) is 2.02. The molecule has 3 N–H and O–H groups in total. The molecule has 3 heteroatoms. The Balaban J connectivity index is 2.54. The molecule has 1 aliphatic rings. The van der Waals surface area contributed by atoms with Crippen molar-refractivity contribution in [3.05, 3.63) is 23.5 Å². The lowest BCUT2D eigenvalue weighted by molar-refractivity contribution is 0.276. The Morgan fingerprint density at radius 3 is 3.00 bits per heavy atom. The molecule has 0 atom stereocenters. The van der Waals surface area contributed by atoms with Gasteiger partial charge in [0.25, 0.3) is 0 Å². The summed E-state index contributed by atoms with van der Waals surface area (Å²) >= 11 is 0. The van der Waals surface area contributed by atoms with Gasteiger partial charge in [0, 0.05) is 13.0 Å². The molecule has 1 rings (SSSR count). The largest absolute Gasteiger partial charge is 0.501 e. The molecular weight excluding hydrogens is 152 g/mol. The molecule has 12 heavy (non-hydrogen) atoms. The average Bonchev–Trinajstić information content (AvgIpc) is 2.31. The van der Waals surface area contributed by atoms with Gasteiger partial charge >= 0.3 is 0 Å². The average molecular weight is 168 g/mol. The van der Waals surface area contributed by atoms with Crippen molar-refractivity contribution in [2.45, 2.75) is 19.3 Å². The maximum Gasteiger partial charge on any atom is 0.0955 e. The number of hydrogen-bond donors (Lipinski definition) is 2. The first kappa shape index (κ1) is 9.29. The molecule has 0 spiro atoms. The van der Waals surface area contributed by atoms with Crippen LogP contribution in [0.5, 0.6) is 0 Å². The van der Waals surface area contributed by atoms with E-state index in [0.717, 1.165) is 31.6 Å². The molecule has 0 radical (unpaired) electrons. The van der Waals surface area contributed by atoms with E-state index < -0.39 is 0 Å². The molecule has 3 nitrogen and oxygen atoms in total. The van der Waals surface area contributed by atoms with Crippen LogP contribution < -0.4 is 11.3 Å². The van der Waals surface area contributed by atoms with Gasteiger partial charge in [-0.05, 0) is 18.9 Å². The maximum atomic E-state index is 5.23. The van der Waals surface area contributed by atoms with Crippen molar-refractivity contribution in [3.8, 4) is 0 Å². The Hall–Kier alpha value is -0.800. The Bertz CT molecular complexity index is 193. The van der Waals surface area contributed by atoms with Crippen molar-refractivity contribution >= 4 is 0 Å². The standard InChI is InChI=1S/C9H16N2O/c1-12-9-4-2-3-8(5-6-9)7-11-10/h5-6,11H,2-4,7,10H2,1H3. The fourth-order valence-electron chi connectivity index (χ4n) is 1.32. The molecule has 0 fully saturated rings. The molecule has 0 aromatic heterocycles. The second-order valence-corrected chi connectivity index (χ2v) is 2.90. The molecule has 68 valence electrons. The normalized spacial score (nSPS) is 17.8. The number of methoxy groups -OCH3 is 1. The third kappa shape index (κ3) is 2.68. The van der Waals surface area contributed by atoms with Gasteiger partial charge in [0.2, 0.25) is 0 Å². The van der Waals surface area contributed by atoms with Gasteiger partial charge in [-0.3, -0.25) is 11.3 Å². The van der Waals surface area contributed by atoms with Crippen LogP contribution in [0.2, 0.25) is 0 Å². The van der Waals surface area contributed by atoms with Crippen LogP contribution in [-0.4, -0.2) is 13.7 Å². The first-order chi connectivity index (χ1) is 5.86. The fourth-order valence-corrected chi connectivity index (χ4v) is 1.32. The third-order valence-corrected chi connectivity index (χ3v) is 2.02. The number of nitrogens with two attached hydrogens (primary N) is 1. The van der Waals surface area contributed by atoms with Gasteiger partial charge in [-0.25, -0.2) is 0 Å². The summed E-state index contributed by atoms with van der Waals surface area (Å²) in [5, 5.41) is 0. The molecular formula is C9H16N2O. The second kappa shape index (κ2) is 4.95. The summed E-state index contributed by atoms with van der Waals surface area (Å²) in [4.78, 5) is 0. The van der Waals surface area contributed by atoms with Crippen LogP contribution in [0.3, 0.4) is 0 Å². The smallest absolute Gasteiger partial charge is 0.0955 e. The van der Waals surface area contributed by atoms with E-state index in [2.05, 4.69) is 11.5 Å². The van der Waals surface area contributed by atoms with Crippen molar-refractivity contribution in [2.75, 3.05) is 13.7 Å². The zero-order valence-electron chi connectivity index (χ0n) is 7.47. The van der Waals surface area contributed by atoms with Gasteiger partial charge in [0.15, 0.2) is 0 Å². The zero-order valence-corrected chi connectivity index (χ0v) is 7.47. The molecule has 0 aromatic rings. The van der Waals surface area contributed by atoms with Crippen LogP contribution >= 0.6 is 0 Å². The number of hydrazine groups is 1. The van der Waals surface area contributed by atoms with Crippen LogP contribution in [0.15, 0.2) is 23.5 Å². The van der Waals surface area contributed by atoms with Crippen LogP contribution in [0, 0.1) is 0 Å². The van der Waals surface area contributed by atoms with Gasteiger partial charge in [-0.2, -0.15) is 0 Å². The van der Waals surface area contributed by atoms with Gasteiger partial charge in [0.1, 0.15) is 0 Å². The highest BCUT2D eigenvalue weighted by Gasteiger charge is 2.03. The lowest BCUT2D eigenvalue weighted by atomic mass is 10.1. The molecule has 0 aliphatic heterocycles. The van der Waals surface area contributed by atoms with Crippen LogP contribution in [0.4, 0.5) is 0 Å². The monoisotopic (exact) mass is 168 g/mol. The molecule has 0 heterocycles. The number of ether oxygens (including phenoxy) is 1. The summed E-state index contributed by atoms with van der Waals surface area (Å²) in [5.74, 6) is 6.29. The van der Waals surface area contributed by atoms with Crippen molar-refractivity contribution < 1.29 is 4.74 Å². The Kier molecular flexibility index (Phi) is 3.84. The van der Waals surface area contributed by atoms with Crippen molar-refractivity contribution in [1.29, 1.82) is 0 Å². The lowest BCUT2D eigenvalue weighted by Gasteiger charge is -2.03. The Morgan fingerprint density at radius 2 is 2.33 bits per heavy atom. The van der Waals surface area contributed by atoms with Crippen molar-refractivity contribution in [1.82, 2.24) is 5.43 Å². The molecule has 0 aromatic carbocycles. The summed E-state index contributed by atoms with van der Waals surface area (Å²) in [5.41, 5.74) is 4.00. The van der Waals surface area contributed by atoms with E-state index in [4.69, 9.17) is 10.6 Å². The fraction of sp³-hybridized carbons (Fsp3) is 0.556. The number of nitrogens with one attached hydrogen (secondary N) is 1. The van der Waals surface area contributed by atoms with Crippen molar-refractivity contribution in [3.63, 3.8) is 0 Å². The topological polar surface area (TPSA) is 47.3 Å². The minimum absolute atomic E-state index is 0.771. The number of allylic oxidation sites excluding steroid dienone is 3. The summed E-state index contributed by atoms with van der Waals surface area (Å²) in [7, 11) is 1.71. The quantitative estimate of drug-likeness (QED) is 0.490. The molecule has 1 aliphatic carbocycles. The van der Waals surface area contributed by atoms with Gasteiger partial charge in [-0.1, -0.05) is 11.6 Å². The van der Waals surface area contributed by atoms with Gasteiger partial charge < -0.3 is 4.74 Å². The van der Waals surface area contributed by atoms with E-state index in [1.807, 2.05) is 6.08 Å². The van der Waals surface area contributed by atoms with E-state index >= 15 is 0 Å². The molecule has 0 unspecified atom stereocenters. The highest BCUT2D eigenvalue weighted by atomic mass is 16.5. The number of rotatable bonds is 3. The SMILES string of the molecule is COC1=CC=C(CNN)CCC1. The van der Waals surface area contributed by atoms with Crippen LogP contribution in [-0.2, 0) is 4.74 Å². The number of hydrogen-bond acceptors (Lipinski definition) is 3. The van der Waals surface area contributed by atoms with E-state index in [0.29, 0.717) is 0 Å². The van der Waals surface area contributed by atoms with Crippen molar-refractivity contribution in [2.24, 2.45) is 5.84 Å². The first-order valence-corrected chi connectivity index (χ1v) is 4.23. The summed E-state index contributed by atoms with van der Waals surface area (Å²) in [6, 6.07) is 0. The van der Waals surface area contributed by atoms with Crippen LogP contribution in [0.25, 0.3) is 0 Å². The predicted octanol–water partition coefficient (Wildman–Crippen LogP) is 1.09. The Morgan fingerprint density at radius 1 is 1.50 bits per heavy atom. The second-order valence-electron chi connectivity index (χ2n) is 2.90. The van der Waals surface area contributed by atoms with E-state index in [1.54, 1.807) is 7.11 Å². The maximum absolute atomic E-state index is 5.23. The summed E-state index contributed by atoms with van der Waals surface area (Å²) in [6.45, 7) is 0.771. The summed E-state index contributed by atoms with van der Waals surface area (Å²) in [6.07, 6.45) is 7.40. The van der Waals surface area contributed by atoms with E-state index in [-0.39, 0.29) is 0 Å². The zero-order chi connectivity index (χ0) is 8.81. The predicted molar refractivity (Wildman–Crippen MR) is 49.2 cm³/mol. The summed E-state index contributed by atoms with van der Waals surface area (Å²) < 4.78 is 5.16. The molecule has 0 saturated heterocycles. The molecule has 0 saturated carbocycles. The minimum Gasteiger partial charge on any atom is -0.501 e. The molecule has 0 bridgehead atoms. The minimum atomic E-state index is 0.771. The van der Waals surface area contributed by atoms with E-state index in [1.165, 1.54) is 5.57 Å².